The van der Waals surface area contributed by atoms with Gasteiger partial charge in [-0.15, -0.1) is 0 Å². The summed E-state index contributed by atoms with van der Waals surface area (Å²) in [5.41, 5.74) is 2.38. The summed E-state index contributed by atoms with van der Waals surface area (Å²) >= 11 is 0. The molecule has 0 aromatic heterocycles. The van der Waals surface area contributed by atoms with E-state index in [0.717, 1.165) is 23.5 Å². The van der Waals surface area contributed by atoms with E-state index in [1.165, 1.54) is 5.56 Å². The van der Waals surface area contributed by atoms with Gasteiger partial charge >= 0.3 is 0 Å². The summed E-state index contributed by atoms with van der Waals surface area (Å²) in [5, 5.41) is 0. The Morgan fingerprint density at radius 3 is 2.41 bits per heavy atom. The van der Waals surface area contributed by atoms with Crippen LogP contribution in [0.15, 0.2) is 66.7 Å². The molecule has 1 heteroatoms. The Kier molecular flexibility index (Phi) is 3.61. The van der Waals surface area contributed by atoms with Gasteiger partial charge in [0.2, 0.25) is 0 Å². The van der Waals surface area contributed by atoms with E-state index < -0.39 is 0 Å². The first-order valence-electron chi connectivity index (χ1n) is 5.70. The summed E-state index contributed by atoms with van der Waals surface area (Å²) in [6.45, 7) is 5.96. The van der Waals surface area contributed by atoms with E-state index in [9.17, 15) is 0 Å². The molecule has 0 unspecified atom stereocenters. The van der Waals surface area contributed by atoms with Gasteiger partial charge in [0.25, 0.3) is 0 Å². The first-order chi connectivity index (χ1) is 8.24. The molecule has 17 heavy (non-hydrogen) atoms. The van der Waals surface area contributed by atoms with Crippen LogP contribution in [-0.4, -0.2) is 0 Å². The minimum absolute atomic E-state index is 0.861. The molecule has 0 aliphatic carbocycles. The molecule has 2 aromatic rings. The number of hydrogen-bond donors (Lipinski definition) is 0. The summed E-state index contributed by atoms with van der Waals surface area (Å²) in [5.74, 6) is 1.73. The second-order valence-electron chi connectivity index (χ2n) is 4.20. The van der Waals surface area contributed by atoms with Crippen molar-refractivity contribution < 1.29 is 4.74 Å². The molecular weight excluding hydrogens is 208 g/mol. The molecule has 0 N–H and O–H groups in total. The summed E-state index contributed by atoms with van der Waals surface area (Å²) < 4.78 is 5.77. The Morgan fingerprint density at radius 2 is 1.71 bits per heavy atom. The largest absolute Gasteiger partial charge is 0.457 e. The molecule has 0 amide bonds. The zero-order chi connectivity index (χ0) is 12.1. The predicted molar refractivity (Wildman–Crippen MR) is 71.5 cm³/mol. The number of para-hydroxylation sites is 1. The fourth-order valence-corrected chi connectivity index (χ4v) is 1.69. The zero-order valence-electron chi connectivity index (χ0n) is 10.0. The van der Waals surface area contributed by atoms with Crippen molar-refractivity contribution >= 4 is 0 Å². The second-order valence-corrected chi connectivity index (χ2v) is 4.20. The van der Waals surface area contributed by atoms with E-state index >= 15 is 0 Å². The third-order valence-electron chi connectivity index (χ3n) is 2.38. The van der Waals surface area contributed by atoms with Crippen molar-refractivity contribution in [1.82, 2.24) is 0 Å². The van der Waals surface area contributed by atoms with Gasteiger partial charge in [0.15, 0.2) is 0 Å². The third-order valence-corrected chi connectivity index (χ3v) is 2.38. The molecule has 0 saturated heterocycles. The zero-order valence-corrected chi connectivity index (χ0v) is 10.0. The molecule has 86 valence electrons. The van der Waals surface area contributed by atoms with Gasteiger partial charge in [-0.25, -0.2) is 0 Å². The van der Waals surface area contributed by atoms with E-state index in [1.807, 2.05) is 49.4 Å². The lowest BCUT2D eigenvalue weighted by Crippen LogP contribution is -1.88. The van der Waals surface area contributed by atoms with Crippen LogP contribution in [0.2, 0.25) is 0 Å². The lowest BCUT2D eigenvalue weighted by molar-refractivity contribution is 0.482. The van der Waals surface area contributed by atoms with Gasteiger partial charge in [-0.3, -0.25) is 0 Å². The van der Waals surface area contributed by atoms with Crippen molar-refractivity contribution in [1.29, 1.82) is 0 Å². The van der Waals surface area contributed by atoms with Gasteiger partial charge < -0.3 is 4.74 Å². The highest BCUT2D eigenvalue weighted by Gasteiger charge is 1.99. The molecule has 1 nitrogen and oxygen atoms in total. The van der Waals surface area contributed by atoms with Crippen molar-refractivity contribution in [2.45, 2.75) is 13.3 Å². The second kappa shape index (κ2) is 5.35. The van der Waals surface area contributed by atoms with Gasteiger partial charge in [0.1, 0.15) is 11.5 Å². The topological polar surface area (TPSA) is 9.23 Å². The van der Waals surface area contributed by atoms with Crippen LogP contribution in [0.4, 0.5) is 0 Å². The normalized spacial score (nSPS) is 9.94. The fraction of sp³-hybridized carbons (Fsp3) is 0.125. The first-order valence-corrected chi connectivity index (χ1v) is 5.70. The molecule has 0 fully saturated rings. The van der Waals surface area contributed by atoms with Crippen LogP contribution in [0.25, 0.3) is 0 Å². The molecule has 0 spiro atoms. The van der Waals surface area contributed by atoms with Crippen LogP contribution in [0.3, 0.4) is 0 Å². The summed E-state index contributed by atoms with van der Waals surface area (Å²) in [7, 11) is 0. The van der Waals surface area contributed by atoms with Crippen LogP contribution >= 0.6 is 0 Å². The van der Waals surface area contributed by atoms with Gasteiger partial charge in [-0.1, -0.05) is 42.5 Å². The molecule has 2 rings (SSSR count). The van der Waals surface area contributed by atoms with Crippen molar-refractivity contribution in [2.24, 2.45) is 0 Å². The number of rotatable bonds is 4. The monoisotopic (exact) mass is 224 g/mol. The molecule has 0 bridgehead atoms. The summed E-state index contributed by atoms with van der Waals surface area (Å²) in [4.78, 5) is 0. The lowest BCUT2D eigenvalue weighted by Gasteiger charge is -2.07. The van der Waals surface area contributed by atoms with E-state index in [0.29, 0.717) is 0 Å². The Bertz CT molecular complexity index is 500. The van der Waals surface area contributed by atoms with Gasteiger partial charge in [0, 0.05) is 0 Å². The lowest BCUT2D eigenvalue weighted by atomic mass is 10.1. The Morgan fingerprint density at radius 1 is 1.00 bits per heavy atom. The summed E-state index contributed by atoms with van der Waals surface area (Å²) in [6, 6.07) is 17.9. The molecule has 2 aromatic carbocycles. The van der Waals surface area contributed by atoms with Crippen LogP contribution < -0.4 is 4.74 Å². The molecule has 0 atom stereocenters. The summed E-state index contributed by atoms with van der Waals surface area (Å²) in [6.07, 6.45) is 0.895. The van der Waals surface area contributed by atoms with Crippen molar-refractivity contribution in [3.8, 4) is 11.5 Å². The maximum Gasteiger partial charge on any atom is 0.127 e. The number of allylic oxidation sites excluding steroid dienone is 1. The SMILES string of the molecule is C=C(C)Cc1cccc(Oc2ccccc2)c1. The Labute approximate surface area is 102 Å². The van der Waals surface area contributed by atoms with Gasteiger partial charge in [0.05, 0.1) is 0 Å². The van der Waals surface area contributed by atoms with Crippen LogP contribution in [0.1, 0.15) is 12.5 Å². The van der Waals surface area contributed by atoms with E-state index in [2.05, 4.69) is 18.7 Å². The molecular formula is C16H16O. The van der Waals surface area contributed by atoms with Gasteiger partial charge in [-0.2, -0.15) is 0 Å². The van der Waals surface area contributed by atoms with E-state index in [-0.39, 0.29) is 0 Å². The highest BCUT2D eigenvalue weighted by molar-refractivity contribution is 5.34. The minimum Gasteiger partial charge on any atom is -0.457 e. The quantitative estimate of drug-likeness (QED) is 0.690. The maximum atomic E-state index is 5.77. The molecule has 0 aliphatic rings. The molecule has 0 radical (unpaired) electrons. The minimum atomic E-state index is 0.861. The van der Waals surface area contributed by atoms with Crippen molar-refractivity contribution in [3.63, 3.8) is 0 Å². The van der Waals surface area contributed by atoms with Crippen LogP contribution in [0, 0.1) is 0 Å². The predicted octanol–water partition coefficient (Wildman–Crippen LogP) is 4.60. The molecule has 0 saturated carbocycles. The van der Waals surface area contributed by atoms with E-state index in [4.69, 9.17) is 4.74 Å². The molecule has 0 aliphatic heterocycles. The average molecular weight is 224 g/mol. The third kappa shape index (κ3) is 3.49. The van der Waals surface area contributed by atoms with E-state index in [1.54, 1.807) is 0 Å². The van der Waals surface area contributed by atoms with Gasteiger partial charge in [-0.05, 0) is 43.2 Å². The standard InChI is InChI=1S/C16H16O/c1-13(2)11-14-7-6-10-16(12-14)17-15-8-4-3-5-9-15/h3-10,12H,1,11H2,2H3. The Hall–Kier alpha value is -2.02. The maximum absolute atomic E-state index is 5.77. The highest BCUT2D eigenvalue weighted by atomic mass is 16.5. The number of benzene rings is 2. The number of hydrogen-bond acceptors (Lipinski definition) is 1. The van der Waals surface area contributed by atoms with Crippen LogP contribution in [0.5, 0.6) is 11.5 Å². The smallest absolute Gasteiger partial charge is 0.127 e. The van der Waals surface area contributed by atoms with Crippen LogP contribution in [-0.2, 0) is 6.42 Å². The number of ether oxygens (including phenoxy) is 1. The van der Waals surface area contributed by atoms with Crippen molar-refractivity contribution in [2.75, 3.05) is 0 Å². The fourth-order valence-electron chi connectivity index (χ4n) is 1.69. The van der Waals surface area contributed by atoms with Crippen molar-refractivity contribution in [3.05, 3.63) is 72.3 Å². The first kappa shape index (κ1) is 11.5. The average Bonchev–Trinajstić information content (AvgIpc) is 2.30. The Balaban J connectivity index is 2.14. The highest BCUT2D eigenvalue weighted by Crippen LogP contribution is 2.22. The molecule has 0 heterocycles.